The van der Waals surface area contributed by atoms with Crippen LogP contribution in [0.1, 0.15) is 5.76 Å². The highest BCUT2D eigenvalue weighted by Gasteiger charge is 2.35. The third kappa shape index (κ3) is 4.09. The van der Waals surface area contributed by atoms with Gasteiger partial charge in [0.1, 0.15) is 11.5 Å². The van der Waals surface area contributed by atoms with Gasteiger partial charge in [0.05, 0.1) is 15.4 Å². The van der Waals surface area contributed by atoms with Gasteiger partial charge in [-0.3, -0.25) is 24.6 Å². The second-order valence-corrected chi connectivity index (χ2v) is 7.11. The fourth-order valence-electron chi connectivity index (χ4n) is 2.54. The predicted octanol–water partition coefficient (Wildman–Crippen LogP) is 3.45. The van der Waals surface area contributed by atoms with Gasteiger partial charge in [0.2, 0.25) is 0 Å². The van der Waals surface area contributed by atoms with Crippen molar-refractivity contribution in [2.75, 3.05) is 27.2 Å². The number of nitrogens with zero attached hydrogens (tertiary/aromatic N) is 3. The van der Waals surface area contributed by atoms with Crippen molar-refractivity contribution in [2.45, 2.75) is 0 Å². The van der Waals surface area contributed by atoms with Crippen LogP contribution in [0.4, 0.5) is 10.5 Å². The third-order valence-corrected chi connectivity index (χ3v) is 4.82. The lowest BCUT2D eigenvalue weighted by Crippen LogP contribution is -2.34. The number of rotatable bonds is 6. The molecule has 0 radical (unpaired) electrons. The zero-order valence-corrected chi connectivity index (χ0v) is 15.6. The molecule has 1 aliphatic heterocycles. The first-order chi connectivity index (χ1) is 12.9. The molecule has 1 aromatic carbocycles. The van der Waals surface area contributed by atoms with E-state index in [-0.39, 0.29) is 21.7 Å². The highest BCUT2D eigenvalue weighted by molar-refractivity contribution is 8.18. The van der Waals surface area contributed by atoms with Crippen LogP contribution in [-0.4, -0.2) is 53.1 Å². The Balaban J connectivity index is 1.83. The van der Waals surface area contributed by atoms with Gasteiger partial charge in [-0.25, -0.2) is 0 Å². The van der Waals surface area contributed by atoms with Crippen LogP contribution in [-0.2, 0) is 4.79 Å². The topological polar surface area (TPSA) is 96.9 Å². The van der Waals surface area contributed by atoms with Crippen molar-refractivity contribution >= 4 is 34.7 Å². The summed E-state index contributed by atoms with van der Waals surface area (Å²) in [6.45, 7) is 0.891. The lowest BCUT2D eigenvalue weighted by atomic mass is 10.1. The average molecular weight is 387 g/mol. The Morgan fingerprint density at radius 1 is 1.22 bits per heavy atom. The van der Waals surface area contributed by atoms with E-state index in [9.17, 15) is 19.7 Å². The van der Waals surface area contributed by atoms with Gasteiger partial charge in [-0.15, -0.1) is 0 Å². The summed E-state index contributed by atoms with van der Waals surface area (Å²) < 4.78 is 5.66. The zero-order chi connectivity index (χ0) is 19.6. The molecule has 8 nitrogen and oxygen atoms in total. The summed E-state index contributed by atoms with van der Waals surface area (Å²) in [4.78, 5) is 38.5. The molecule has 0 bridgehead atoms. The minimum absolute atomic E-state index is 0.0672. The number of carbonyl (C=O) groups is 2. The number of thioether (sulfide) groups is 1. The predicted molar refractivity (Wildman–Crippen MR) is 102 cm³/mol. The zero-order valence-electron chi connectivity index (χ0n) is 14.7. The van der Waals surface area contributed by atoms with Gasteiger partial charge in [-0.2, -0.15) is 0 Å². The van der Waals surface area contributed by atoms with E-state index in [1.54, 1.807) is 30.3 Å². The number of nitro benzene ring substituents is 1. The first-order valence-electron chi connectivity index (χ1n) is 8.10. The Kier molecular flexibility index (Phi) is 5.43. The number of hydrogen-bond donors (Lipinski definition) is 0. The van der Waals surface area contributed by atoms with E-state index >= 15 is 0 Å². The van der Waals surface area contributed by atoms with Crippen molar-refractivity contribution in [1.82, 2.24) is 9.80 Å². The standard InChI is InChI=1S/C18H17N3O5S/c1-19(2)9-10-20-17(22)16(27-18(20)23)11-12-7-8-15(26-12)13-5-3-4-6-14(13)21(24)25/h3-8,11H,9-10H2,1-2H3/b16-11-. The summed E-state index contributed by atoms with van der Waals surface area (Å²) in [6.07, 6.45) is 1.48. The van der Waals surface area contributed by atoms with Crippen LogP contribution in [0.2, 0.25) is 0 Å². The molecule has 0 spiro atoms. The van der Waals surface area contributed by atoms with Crippen LogP contribution in [0.3, 0.4) is 0 Å². The van der Waals surface area contributed by atoms with Gasteiger partial charge in [0.25, 0.3) is 16.8 Å². The van der Waals surface area contributed by atoms with E-state index < -0.39 is 4.92 Å². The Bertz CT molecular complexity index is 935. The number of furan rings is 1. The molecule has 1 fully saturated rings. The van der Waals surface area contributed by atoms with E-state index in [4.69, 9.17) is 4.42 Å². The largest absolute Gasteiger partial charge is 0.456 e. The van der Waals surface area contributed by atoms with E-state index in [0.717, 1.165) is 11.8 Å². The molecule has 0 saturated carbocycles. The lowest BCUT2D eigenvalue weighted by molar-refractivity contribution is -0.384. The van der Waals surface area contributed by atoms with Gasteiger partial charge in [-0.05, 0) is 44.1 Å². The SMILES string of the molecule is CN(C)CCN1C(=O)S/C(=C\c2ccc(-c3ccccc3[N+](=O)[O-])o2)C1=O. The molecule has 9 heteroatoms. The Morgan fingerprint density at radius 3 is 2.67 bits per heavy atom. The number of para-hydroxylation sites is 1. The number of nitro groups is 1. The maximum atomic E-state index is 12.4. The fourth-order valence-corrected chi connectivity index (χ4v) is 3.38. The molecule has 140 valence electrons. The summed E-state index contributed by atoms with van der Waals surface area (Å²) in [7, 11) is 3.73. The van der Waals surface area contributed by atoms with Crippen molar-refractivity contribution < 1.29 is 18.9 Å². The molecule has 1 saturated heterocycles. The molecular formula is C18H17N3O5S. The number of imide groups is 1. The third-order valence-electron chi connectivity index (χ3n) is 3.91. The van der Waals surface area contributed by atoms with Crippen LogP contribution < -0.4 is 0 Å². The van der Waals surface area contributed by atoms with E-state index in [2.05, 4.69) is 0 Å². The molecule has 27 heavy (non-hydrogen) atoms. The molecule has 0 atom stereocenters. The lowest BCUT2D eigenvalue weighted by Gasteiger charge is -2.15. The second-order valence-electron chi connectivity index (χ2n) is 6.11. The normalized spacial score (nSPS) is 16.0. The van der Waals surface area contributed by atoms with Gasteiger partial charge >= 0.3 is 0 Å². The fraction of sp³-hybridized carbons (Fsp3) is 0.222. The van der Waals surface area contributed by atoms with Crippen LogP contribution >= 0.6 is 11.8 Å². The van der Waals surface area contributed by atoms with Gasteiger partial charge < -0.3 is 9.32 Å². The summed E-state index contributed by atoms with van der Waals surface area (Å²) in [5, 5.41) is 10.8. The van der Waals surface area contributed by atoms with Crippen LogP contribution in [0.15, 0.2) is 45.7 Å². The molecule has 2 aromatic rings. The van der Waals surface area contributed by atoms with Gasteiger partial charge in [-0.1, -0.05) is 12.1 Å². The van der Waals surface area contributed by atoms with Gasteiger partial charge in [0, 0.05) is 25.2 Å². The van der Waals surface area contributed by atoms with E-state index in [1.165, 1.54) is 17.0 Å². The summed E-state index contributed by atoms with van der Waals surface area (Å²) >= 11 is 0.853. The number of carbonyl (C=O) groups excluding carboxylic acids is 2. The van der Waals surface area contributed by atoms with E-state index in [0.29, 0.717) is 30.2 Å². The number of hydrogen-bond acceptors (Lipinski definition) is 7. The van der Waals surface area contributed by atoms with Crippen LogP contribution in [0.25, 0.3) is 17.4 Å². The number of likely N-dealkylation sites (N-methyl/N-ethyl adjacent to an activating group) is 1. The first-order valence-corrected chi connectivity index (χ1v) is 8.92. The Labute approximate surface area is 159 Å². The summed E-state index contributed by atoms with van der Waals surface area (Å²) in [5.74, 6) is 0.303. The molecule has 1 aliphatic rings. The minimum atomic E-state index is -0.479. The molecule has 2 amide bonds. The molecule has 3 rings (SSSR count). The van der Waals surface area contributed by atoms with Crippen molar-refractivity contribution in [2.24, 2.45) is 0 Å². The van der Waals surface area contributed by atoms with Gasteiger partial charge in [0.15, 0.2) is 0 Å². The molecule has 2 heterocycles. The maximum Gasteiger partial charge on any atom is 0.293 e. The molecule has 1 aromatic heterocycles. The van der Waals surface area contributed by atoms with E-state index in [1.807, 2.05) is 19.0 Å². The second kappa shape index (κ2) is 7.77. The summed E-state index contributed by atoms with van der Waals surface area (Å²) in [5.41, 5.74) is 0.281. The highest BCUT2D eigenvalue weighted by Crippen LogP contribution is 2.34. The molecular weight excluding hydrogens is 370 g/mol. The smallest absolute Gasteiger partial charge is 0.293 e. The van der Waals surface area contributed by atoms with Crippen LogP contribution in [0, 0.1) is 10.1 Å². The monoisotopic (exact) mass is 387 g/mol. The van der Waals surface area contributed by atoms with Crippen LogP contribution in [0.5, 0.6) is 0 Å². The number of benzene rings is 1. The molecule has 0 N–H and O–H groups in total. The maximum absolute atomic E-state index is 12.4. The first kappa shape index (κ1) is 18.9. The minimum Gasteiger partial charge on any atom is -0.456 e. The van der Waals surface area contributed by atoms with Crippen molar-refractivity contribution in [1.29, 1.82) is 0 Å². The van der Waals surface area contributed by atoms with Crippen molar-refractivity contribution in [3.63, 3.8) is 0 Å². The summed E-state index contributed by atoms with van der Waals surface area (Å²) in [6, 6.07) is 9.46. The Hall–Kier alpha value is -2.91. The van der Waals surface area contributed by atoms with Crippen molar-refractivity contribution in [3.8, 4) is 11.3 Å². The molecule has 0 unspecified atom stereocenters. The average Bonchev–Trinajstić information content (AvgIpc) is 3.18. The van der Waals surface area contributed by atoms with Crippen molar-refractivity contribution in [3.05, 3.63) is 57.2 Å². The quantitative estimate of drug-likeness (QED) is 0.425. The molecule has 0 aliphatic carbocycles. The highest BCUT2D eigenvalue weighted by atomic mass is 32.2. The number of amides is 2. The Morgan fingerprint density at radius 2 is 1.96 bits per heavy atom.